The van der Waals surface area contributed by atoms with Crippen LogP contribution in [0, 0.1) is 5.92 Å². The standard InChI is InChI=1S/C19H34N4S/c1-5-20-19(21-12-16(4)18-9-11-24-15-18)23-10-8-17(14-23)13-22(6-2)7-3/h9,11,15-17H,5-8,10,12-14H2,1-4H3,(H,20,21). The summed E-state index contributed by atoms with van der Waals surface area (Å²) in [6.07, 6.45) is 1.28. The van der Waals surface area contributed by atoms with Gasteiger partial charge in [0.1, 0.15) is 0 Å². The van der Waals surface area contributed by atoms with E-state index in [1.54, 1.807) is 11.3 Å². The lowest BCUT2D eigenvalue weighted by atomic mass is 10.1. The highest BCUT2D eigenvalue weighted by atomic mass is 32.1. The summed E-state index contributed by atoms with van der Waals surface area (Å²) >= 11 is 1.77. The monoisotopic (exact) mass is 350 g/mol. The number of likely N-dealkylation sites (tertiary alicyclic amines) is 1. The molecular formula is C19H34N4S. The number of rotatable bonds is 8. The van der Waals surface area contributed by atoms with Crippen LogP contribution in [0.1, 0.15) is 45.6 Å². The van der Waals surface area contributed by atoms with Gasteiger partial charge in [0.2, 0.25) is 0 Å². The van der Waals surface area contributed by atoms with Crippen LogP contribution in [0.25, 0.3) is 0 Å². The maximum absolute atomic E-state index is 4.93. The molecule has 0 aliphatic carbocycles. The predicted molar refractivity (Wildman–Crippen MR) is 106 cm³/mol. The van der Waals surface area contributed by atoms with Crippen LogP contribution in [-0.2, 0) is 0 Å². The van der Waals surface area contributed by atoms with Gasteiger partial charge in [-0.2, -0.15) is 11.3 Å². The van der Waals surface area contributed by atoms with E-state index in [0.29, 0.717) is 5.92 Å². The first-order valence-electron chi connectivity index (χ1n) is 9.45. The smallest absolute Gasteiger partial charge is 0.193 e. The number of nitrogens with zero attached hydrogens (tertiary/aromatic N) is 3. The lowest BCUT2D eigenvalue weighted by molar-refractivity contribution is 0.255. The second kappa shape index (κ2) is 10.0. The molecule has 2 heterocycles. The molecule has 1 aliphatic heterocycles. The van der Waals surface area contributed by atoms with Crippen LogP contribution in [-0.4, -0.2) is 61.6 Å². The van der Waals surface area contributed by atoms with Crippen molar-refractivity contribution in [3.8, 4) is 0 Å². The van der Waals surface area contributed by atoms with Crippen molar-refractivity contribution in [2.24, 2.45) is 10.9 Å². The second-order valence-electron chi connectivity index (χ2n) is 6.74. The van der Waals surface area contributed by atoms with Crippen molar-refractivity contribution >= 4 is 17.3 Å². The van der Waals surface area contributed by atoms with Gasteiger partial charge in [-0.3, -0.25) is 4.99 Å². The lowest BCUT2D eigenvalue weighted by Crippen LogP contribution is -2.41. The van der Waals surface area contributed by atoms with Gasteiger partial charge in [-0.15, -0.1) is 0 Å². The Morgan fingerprint density at radius 2 is 2.21 bits per heavy atom. The Morgan fingerprint density at radius 3 is 2.83 bits per heavy atom. The first kappa shape index (κ1) is 19.3. The van der Waals surface area contributed by atoms with Crippen LogP contribution in [0.5, 0.6) is 0 Å². The van der Waals surface area contributed by atoms with E-state index in [1.165, 1.54) is 18.5 Å². The fourth-order valence-corrected chi connectivity index (χ4v) is 4.11. The van der Waals surface area contributed by atoms with E-state index in [1.807, 2.05) is 0 Å². The van der Waals surface area contributed by atoms with Gasteiger partial charge in [-0.05, 0) is 54.7 Å². The molecule has 1 aromatic heterocycles. The van der Waals surface area contributed by atoms with Crippen LogP contribution in [0.3, 0.4) is 0 Å². The molecular weight excluding hydrogens is 316 g/mol. The van der Waals surface area contributed by atoms with Gasteiger partial charge < -0.3 is 15.1 Å². The van der Waals surface area contributed by atoms with Crippen LogP contribution >= 0.6 is 11.3 Å². The maximum Gasteiger partial charge on any atom is 0.193 e. The first-order chi connectivity index (χ1) is 11.7. The summed E-state index contributed by atoms with van der Waals surface area (Å²) in [6.45, 7) is 16.5. The third kappa shape index (κ3) is 5.49. The fourth-order valence-electron chi connectivity index (χ4n) is 3.33. The first-order valence-corrected chi connectivity index (χ1v) is 10.4. The molecule has 24 heavy (non-hydrogen) atoms. The SMILES string of the molecule is CCNC(=NCC(C)c1ccsc1)N1CCC(CN(CC)CC)C1. The van der Waals surface area contributed by atoms with E-state index < -0.39 is 0 Å². The van der Waals surface area contributed by atoms with Gasteiger partial charge >= 0.3 is 0 Å². The Hall–Kier alpha value is -1.07. The summed E-state index contributed by atoms with van der Waals surface area (Å²) in [6, 6.07) is 2.22. The van der Waals surface area contributed by atoms with Crippen molar-refractivity contribution in [3.05, 3.63) is 22.4 Å². The Morgan fingerprint density at radius 1 is 1.42 bits per heavy atom. The zero-order chi connectivity index (χ0) is 17.4. The van der Waals surface area contributed by atoms with Gasteiger partial charge in [0.15, 0.2) is 5.96 Å². The molecule has 1 saturated heterocycles. The zero-order valence-electron chi connectivity index (χ0n) is 15.8. The van der Waals surface area contributed by atoms with Crippen LogP contribution in [0.4, 0.5) is 0 Å². The minimum Gasteiger partial charge on any atom is -0.357 e. The third-order valence-corrected chi connectivity index (χ3v) is 5.66. The molecule has 0 amide bonds. The average Bonchev–Trinajstić information content (AvgIpc) is 3.27. The number of aliphatic imine (C=N–C) groups is 1. The molecule has 136 valence electrons. The van der Waals surface area contributed by atoms with Gasteiger partial charge in [-0.25, -0.2) is 0 Å². The number of guanidine groups is 1. The highest BCUT2D eigenvalue weighted by Crippen LogP contribution is 2.20. The van der Waals surface area contributed by atoms with Gasteiger partial charge in [0, 0.05) is 38.6 Å². The predicted octanol–water partition coefficient (Wildman–Crippen LogP) is 3.48. The van der Waals surface area contributed by atoms with E-state index in [9.17, 15) is 0 Å². The van der Waals surface area contributed by atoms with E-state index in [-0.39, 0.29) is 0 Å². The number of hydrogen-bond donors (Lipinski definition) is 1. The molecule has 2 unspecified atom stereocenters. The van der Waals surface area contributed by atoms with Crippen molar-refractivity contribution in [2.45, 2.75) is 40.0 Å². The molecule has 1 aliphatic rings. The normalized spacial score (nSPS) is 20.0. The molecule has 2 rings (SSSR count). The number of thiophene rings is 1. The highest BCUT2D eigenvalue weighted by Gasteiger charge is 2.26. The van der Waals surface area contributed by atoms with Crippen LogP contribution in [0.2, 0.25) is 0 Å². The maximum atomic E-state index is 4.93. The lowest BCUT2D eigenvalue weighted by Gasteiger charge is -2.24. The molecule has 1 aromatic rings. The topological polar surface area (TPSA) is 30.9 Å². The summed E-state index contributed by atoms with van der Waals surface area (Å²) in [4.78, 5) is 9.92. The van der Waals surface area contributed by atoms with Gasteiger partial charge in [-0.1, -0.05) is 20.8 Å². The second-order valence-corrected chi connectivity index (χ2v) is 7.52. The summed E-state index contributed by atoms with van der Waals surface area (Å²) in [5, 5.41) is 7.88. The molecule has 1 fully saturated rings. The van der Waals surface area contributed by atoms with Crippen molar-refractivity contribution in [1.29, 1.82) is 0 Å². The fraction of sp³-hybridized carbons (Fsp3) is 0.737. The van der Waals surface area contributed by atoms with Gasteiger partial charge in [0.05, 0.1) is 0 Å². The Balaban J connectivity index is 1.91. The number of hydrogen-bond acceptors (Lipinski definition) is 3. The quantitative estimate of drug-likeness (QED) is 0.575. The zero-order valence-corrected chi connectivity index (χ0v) is 16.6. The summed E-state index contributed by atoms with van der Waals surface area (Å²) < 4.78 is 0. The van der Waals surface area contributed by atoms with E-state index in [2.05, 4.69) is 59.6 Å². The van der Waals surface area contributed by atoms with Crippen molar-refractivity contribution in [3.63, 3.8) is 0 Å². The average molecular weight is 351 g/mol. The Kier molecular flexibility index (Phi) is 8.06. The third-order valence-electron chi connectivity index (χ3n) is 4.96. The van der Waals surface area contributed by atoms with E-state index in [4.69, 9.17) is 4.99 Å². The molecule has 0 bridgehead atoms. The highest BCUT2D eigenvalue weighted by molar-refractivity contribution is 7.07. The van der Waals surface area contributed by atoms with Crippen molar-refractivity contribution in [1.82, 2.24) is 15.1 Å². The number of nitrogens with one attached hydrogen (secondary N) is 1. The van der Waals surface area contributed by atoms with Crippen molar-refractivity contribution < 1.29 is 0 Å². The summed E-state index contributed by atoms with van der Waals surface area (Å²) in [7, 11) is 0. The molecule has 0 saturated carbocycles. The molecule has 0 radical (unpaired) electrons. The minimum atomic E-state index is 0.485. The molecule has 2 atom stereocenters. The molecule has 4 nitrogen and oxygen atoms in total. The van der Waals surface area contributed by atoms with E-state index >= 15 is 0 Å². The van der Waals surface area contributed by atoms with Crippen LogP contribution < -0.4 is 5.32 Å². The molecule has 0 aromatic carbocycles. The Labute approximate surface area is 152 Å². The minimum absolute atomic E-state index is 0.485. The molecule has 1 N–H and O–H groups in total. The van der Waals surface area contributed by atoms with E-state index in [0.717, 1.165) is 51.1 Å². The van der Waals surface area contributed by atoms with Gasteiger partial charge in [0.25, 0.3) is 0 Å². The molecule has 0 spiro atoms. The van der Waals surface area contributed by atoms with Crippen molar-refractivity contribution in [2.75, 3.05) is 45.8 Å². The summed E-state index contributed by atoms with van der Waals surface area (Å²) in [5.74, 6) is 2.35. The Bertz CT molecular complexity index is 482. The van der Waals surface area contributed by atoms with Crippen LogP contribution in [0.15, 0.2) is 21.8 Å². The summed E-state index contributed by atoms with van der Waals surface area (Å²) in [5.41, 5.74) is 1.40. The molecule has 5 heteroatoms. The largest absolute Gasteiger partial charge is 0.357 e.